The van der Waals surface area contributed by atoms with E-state index in [0.29, 0.717) is 13.2 Å². The van der Waals surface area contributed by atoms with Crippen LogP contribution in [0.2, 0.25) is 0 Å². The summed E-state index contributed by atoms with van der Waals surface area (Å²) in [4.78, 5) is 11.7. The van der Waals surface area contributed by atoms with Crippen LogP contribution in [0.3, 0.4) is 0 Å². The summed E-state index contributed by atoms with van der Waals surface area (Å²) < 4.78 is 16.6. The Morgan fingerprint density at radius 2 is 2.25 bits per heavy atom. The second-order valence-corrected chi connectivity index (χ2v) is 5.81. The Morgan fingerprint density at radius 3 is 2.95 bits per heavy atom. The summed E-state index contributed by atoms with van der Waals surface area (Å²) in [5.41, 5.74) is -0.0181. The lowest BCUT2D eigenvalue weighted by Crippen LogP contribution is -2.42. The maximum Gasteiger partial charge on any atom is 0.246 e. The number of nitrogens with one attached hydrogen (secondary N) is 2. The third-order valence-corrected chi connectivity index (χ3v) is 3.96. The van der Waals surface area contributed by atoms with Crippen molar-refractivity contribution >= 4 is 5.91 Å². The number of amides is 1. The van der Waals surface area contributed by atoms with Gasteiger partial charge in [0.1, 0.15) is 6.61 Å². The highest BCUT2D eigenvalue weighted by Gasteiger charge is 2.41. The third-order valence-electron chi connectivity index (χ3n) is 3.96. The topological polar surface area (TPSA) is 68.8 Å². The minimum Gasteiger partial charge on any atom is -0.383 e. The minimum absolute atomic E-state index is 0.00619. The van der Waals surface area contributed by atoms with Gasteiger partial charge >= 0.3 is 0 Å². The van der Waals surface area contributed by atoms with Gasteiger partial charge in [-0.1, -0.05) is 0 Å². The van der Waals surface area contributed by atoms with Gasteiger partial charge in [0, 0.05) is 19.6 Å². The second-order valence-electron chi connectivity index (χ2n) is 5.81. The van der Waals surface area contributed by atoms with Gasteiger partial charge in [-0.3, -0.25) is 4.79 Å². The molecule has 6 nitrogen and oxygen atoms in total. The van der Waals surface area contributed by atoms with Crippen LogP contribution in [0, 0.1) is 0 Å². The first-order valence-corrected chi connectivity index (χ1v) is 7.38. The zero-order valence-corrected chi connectivity index (χ0v) is 12.4. The number of carbonyl (C=O) groups excluding carboxylic acids is 1. The number of ether oxygens (including phenoxy) is 3. The summed E-state index contributed by atoms with van der Waals surface area (Å²) in [7, 11) is 1.62. The largest absolute Gasteiger partial charge is 0.383 e. The van der Waals surface area contributed by atoms with Crippen molar-refractivity contribution in [3.8, 4) is 0 Å². The molecule has 2 heterocycles. The van der Waals surface area contributed by atoms with Crippen LogP contribution in [0.15, 0.2) is 0 Å². The summed E-state index contributed by atoms with van der Waals surface area (Å²) in [6, 6.07) is 0.00619. The van der Waals surface area contributed by atoms with E-state index in [2.05, 4.69) is 10.6 Å². The van der Waals surface area contributed by atoms with Gasteiger partial charge in [0.15, 0.2) is 0 Å². The fourth-order valence-electron chi connectivity index (χ4n) is 2.94. The normalized spacial score (nSPS) is 26.6. The number of piperidine rings is 1. The Hall–Kier alpha value is -0.690. The highest BCUT2D eigenvalue weighted by molar-refractivity contribution is 5.77. The van der Waals surface area contributed by atoms with E-state index in [0.717, 1.165) is 32.4 Å². The van der Waals surface area contributed by atoms with Crippen LogP contribution in [0.1, 0.15) is 26.2 Å². The summed E-state index contributed by atoms with van der Waals surface area (Å²) in [5, 5.41) is 6.17. The van der Waals surface area contributed by atoms with Crippen LogP contribution in [-0.2, 0) is 19.0 Å². The van der Waals surface area contributed by atoms with Gasteiger partial charge in [-0.05, 0) is 32.9 Å². The molecule has 2 saturated heterocycles. The number of carbonyl (C=O) groups is 1. The van der Waals surface area contributed by atoms with E-state index in [-0.39, 0.29) is 30.3 Å². The predicted octanol–water partition coefficient (Wildman–Crippen LogP) is 0.0652. The van der Waals surface area contributed by atoms with Crippen molar-refractivity contribution in [2.24, 2.45) is 0 Å². The molecule has 1 spiro atoms. The molecule has 0 aliphatic carbocycles. The van der Waals surface area contributed by atoms with Gasteiger partial charge in [-0.15, -0.1) is 0 Å². The SMILES string of the molecule is COCC(C)NC(=O)COC1COC2(CCNCC2)C1. The van der Waals surface area contributed by atoms with E-state index < -0.39 is 0 Å². The molecule has 2 rings (SSSR count). The van der Waals surface area contributed by atoms with Crippen LogP contribution >= 0.6 is 0 Å². The molecule has 0 saturated carbocycles. The molecule has 2 N–H and O–H groups in total. The maximum atomic E-state index is 11.7. The van der Waals surface area contributed by atoms with Crippen molar-refractivity contribution in [3.63, 3.8) is 0 Å². The van der Waals surface area contributed by atoms with Gasteiger partial charge in [0.05, 0.1) is 24.9 Å². The Morgan fingerprint density at radius 1 is 1.50 bits per heavy atom. The van der Waals surface area contributed by atoms with Crippen LogP contribution < -0.4 is 10.6 Å². The molecule has 0 bridgehead atoms. The summed E-state index contributed by atoms with van der Waals surface area (Å²) in [5.74, 6) is -0.0965. The molecule has 0 aromatic rings. The number of hydrogen-bond donors (Lipinski definition) is 2. The molecule has 0 aromatic heterocycles. The first-order chi connectivity index (χ1) is 9.63. The van der Waals surface area contributed by atoms with Crippen molar-refractivity contribution < 1.29 is 19.0 Å². The molecule has 2 aliphatic heterocycles. The number of methoxy groups -OCH3 is 1. The van der Waals surface area contributed by atoms with Gasteiger partial charge in [-0.2, -0.15) is 0 Å². The summed E-state index contributed by atoms with van der Waals surface area (Å²) >= 11 is 0. The van der Waals surface area contributed by atoms with Crippen molar-refractivity contribution in [2.75, 3.05) is 40.0 Å². The Bertz CT molecular complexity index is 318. The maximum absolute atomic E-state index is 11.7. The van der Waals surface area contributed by atoms with Crippen molar-refractivity contribution in [3.05, 3.63) is 0 Å². The Balaban J connectivity index is 1.66. The number of hydrogen-bond acceptors (Lipinski definition) is 5. The highest BCUT2D eigenvalue weighted by Crippen LogP contribution is 2.34. The minimum atomic E-state index is -0.0965. The third kappa shape index (κ3) is 4.41. The zero-order chi connectivity index (χ0) is 14.4. The van der Waals surface area contributed by atoms with E-state index in [1.165, 1.54) is 0 Å². The van der Waals surface area contributed by atoms with Crippen LogP contribution in [-0.4, -0.2) is 63.7 Å². The molecule has 2 unspecified atom stereocenters. The smallest absolute Gasteiger partial charge is 0.246 e. The first kappa shape index (κ1) is 15.7. The van der Waals surface area contributed by atoms with Crippen molar-refractivity contribution in [1.29, 1.82) is 0 Å². The second kappa shape index (κ2) is 7.36. The lowest BCUT2D eigenvalue weighted by molar-refractivity contribution is -0.128. The van der Waals surface area contributed by atoms with Gasteiger partial charge < -0.3 is 24.8 Å². The molecule has 20 heavy (non-hydrogen) atoms. The predicted molar refractivity (Wildman–Crippen MR) is 74.6 cm³/mol. The van der Waals surface area contributed by atoms with E-state index >= 15 is 0 Å². The fourth-order valence-corrected chi connectivity index (χ4v) is 2.94. The highest BCUT2D eigenvalue weighted by atomic mass is 16.6. The average Bonchev–Trinajstić information content (AvgIpc) is 2.80. The van der Waals surface area contributed by atoms with Gasteiger partial charge in [-0.25, -0.2) is 0 Å². The van der Waals surface area contributed by atoms with E-state index in [1.807, 2.05) is 6.92 Å². The average molecular weight is 286 g/mol. The molecule has 116 valence electrons. The van der Waals surface area contributed by atoms with Gasteiger partial charge in [0.2, 0.25) is 5.91 Å². The molecule has 1 amide bonds. The summed E-state index contributed by atoms with van der Waals surface area (Å²) in [6.07, 6.45) is 3.00. The van der Waals surface area contributed by atoms with Crippen molar-refractivity contribution in [2.45, 2.75) is 43.9 Å². The van der Waals surface area contributed by atoms with Crippen LogP contribution in [0.25, 0.3) is 0 Å². The number of rotatable bonds is 6. The van der Waals surface area contributed by atoms with Crippen LogP contribution in [0.5, 0.6) is 0 Å². The molecule has 0 aromatic carbocycles. The molecular weight excluding hydrogens is 260 g/mol. The molecule has 2 aliphatic rings. The van der Waals surface area contributed by atoms with E-state index in [9.17, 15) is 4.79 Å². The lowest BCUT2D eigenvalue weighted by Gasteiger charge is -2.32. The molecule has 0 radical (unpaired) electrons. The molecule has 6 heteroatoms. The molecular formula is C14H26N2O4. The standard InChI is InChI=1S/C14H26N2O4/c1-11(8-18-2)16-13(17)10-19-12-7-14(20-9-12)3-5-15-6-4-14/h11-12,15H,3-10H2,1-2H3,(H,16,17). The van der Waals surface area contributed by atoms with Crippen LogP contribution in [0.4, 0.5) is 0 Å². The molecule has 2 atom stereocenters. The monoisotopic (exact) mass is 286 g/mol. The molecule has 2 fully saturated rings. The summed E-state index contributed by atoms with van der Waals surface area (Å²) in [6.45, 7) is 5.11. The van der Waals surface area contributed by atoms with Crippen molar-refractivity contribution in [1.82, 2.24) is 10.6 Å². The Kier molecular flexibility index (Phi) is 5.77. The fraction of sp³-hybridized carbons (Fsp3) is 0.929. The lowest BCUT2D eigenvalue weighted by atomic mass is 9.89. The first-order valence-electron chi connectivity index (χ1n) is 7.38. The van der Waals surface area contributed by atoms with E-state index in [4.69, 9.17) is 14.2 Å². The zero-order valence-electron chi connectivity index (χ0n) is 12.4. The Labute approximate surface area is 120 Å². The van der Waals surface area contributed by atoms with Gasteiger partial charge in [0.25, 0.3) is 0 Å². The van der Waals surface area contributed by atoms with E-state index in [1.54, 1.807) is 7.11 Å². The quantitative estimate of drug-likeness (QED) is 0.723.